The van der Waals surface area contributed by atoms with E-state index in [1.54, 1.807) is 22.7 Å². The molecule has 0 aliphatic carbocycles. The fraction of sp³-hybridized carbons (Fsp3) is 0.500. The summed E-state index contributed by atoms with van der Waals surface area (Å²) < 4.78 is 0. The molecule has 0 unspecified atom stereocenters. The highest BCUT2D eigenvalue weighted by Gasteiger charge is 2.27. The highest BCUT2D eigenvalue weighted by molar-refractivity contribution is 7.09. The molecule has 5 nitrogen and oxygen atoms in total. The number of carbonyl (C=O) groups is 1. The number of hydrogen-bond donors (Lipinski definition) is 1. The van der Waals surface area contributed by atoms with Crippen molar-refractivity contribution in [3.05, 3.63) is 32.9 Å². The third kappa shape index (κ3) is 4.31. The lowest BCUT2D eigenvalue weighted by atomic mass is 10.1. The number of likely N-dealkylation sites (tertiary alicyclic amines) is 1. The Hall–Kier alpha value is -1.44. The van der Waals surface area contributed by atoms with Crippen molar-refractivity contribution in [1.29, 1.82) is 0 Å². The van der Waals surface area contributed by atoms with Gasteiger partial charge in [-0.15, -0.1) is 11.3 Å². The summed E-state index contributed by atoms with van der Waals surface area (Å²) >= 11 is 3.31. The molecule has 1 N–H and O–H groups in total. The number of thiazole rings is 1. The minimum Gasteiger partial charge on any atom is -0.324 e. The fourth-order valence-corrected chi connectivity index (χ4v) is 4.38. The van der Waals surface area contributed by atoms with E-state index in [1.165, 1.54) is 4.88 Å². The highest BCUT2D eigenvalue weighted by atomic mass is 32.1. The third-order valence-electron chi connectivity index (χ3n) is 4.17. The van der Waals surface area contributed by atoms with E-state index < -0.39 is 0 Å². The molecule has 1 saturated heterocycles. The molecule has 1 fully saturated rings. The Labute approximate surface area is 144 Å². The van der Waals surface area contributed by atoms with Gasteiger partial charge in [0.1, 0.15) is 0 Å². The Morgan fingerprint density at radius 1 is 1.57 bits per heavy atom. The summed E-state index contributed by atoms with van der Waals surface area (Å²) in [6.07, 6.45) is 1.07. The maximum atomic E-state index is 12.2. The minimum atomic E-state index is 0.0202. The zero-order valence-corrected chi connectivity index (χ0v) is 15.1. The van der Waals surface area contributed by atoms with Crippen LogP contribution in [0.15, 0.2) is 22.3 Å². The first kappa shape index (κ1) is 16.4. The Balaban J connectivity index is 1.46. The fourth-order valence-electron chi connectivity index (χ4n) is 2.93. The van der Waals surface area contributed by atoms with E-state index in [9.17, 15) is 4.79 Å². The summed E-state index contributed by atoms with van der Waals surface area (Å²) in [5.41, 5.74) is 3.93. The van der Waals surface area contributed by atoms with Crippen LogP contribution >= 0.6 is 22.7 Å². The van der Waals surface area contributed by atoms with Crippen molar-refractivity contribution >= 4 is 34.4 Å². The first-order chi connectivity index (χ1) is 11.1. The topological polar surface area (TPSA) is 48.5 Å². The molecule has 1 aliphatic heterocycles. The van der Waals surface area contributed by atoms with Crippen LogP contribution in [0.3, 0.4) is 0 Å². The molecule has 1 atom stereocenters. The van der Waals surface area contributed by atoms with Crippen LogP contribution in [0.5, 0.6) is 0 Å². The van der Waals surface area contributed by atoms with Gasteiger partial charge in [-0.05, 0) is 37.8 Å². The molecule has 2 amide bonds. The monoisotopic (exact) mass is 350 g/mol. The number of nitrogens with zero attached hydrogens (tertiary/aromatic N) is 3. The number of aryl methyl sites for hydroxylation is 1. The standard InChI is InChI=1S/C16H22N4OS2/c1-12-15(23-11-17-12)9-19(2)7-13-3-5-20(8-13)16(21)18-14-4-6-22-10-14/h4,6,10-11,13H,3,5,7-9H2,1-2H3,(H,18,21)/t13-/m1/s1. The molecule has 124 valence electrons. The molecule has 0 radical (unpaired) electrons. The summed E-state index contributed by atoms with van der Waals surface area (Å²) in [6.45, 7) is 5.69. The van der Waals surface area contributed by atoms with Gasteiger partial charge in [0, 0.05) is 36.4 Å². The Bertz CT molecular complexity index is 640. The van der Waals surface area contributed by atoms with Crippen molar-refractivity contribution in [2.24, 2.45) is 5.92 Å². The van der Waals surface area contributed by atoms with Crippen molar-refractivity contribution in [3.63, 3.8) is 0 Å². The molecule has 23 heavy (non-hydrogen) atoms. The maximum absolute atomic E-state index is 12.2. The van der Waals surface area contributed by atoms with Gasteiger partial charge >= 0.3 is 6.03 Å². The molecule has 3 heterocycles. The highest BCUT2D eigenvalue weighted by Crippen LogP contribution is 2.21. The molecule has 0 spiro atoms. The van der Waals surface area contributed by atoms with E-state index in [4.69, 9.17) is 0 Å². The molecule has 0 aromatic carbocycles. The number of amides is 2. The van der Waals surface area contributed by atoms with Gasteiger partial charge < -0.3 is 15.1 Å². The summed E-state index contributed by atoms with van der Waals surface area (Å²) in [5, 5.41) is 6.88. The van der Waals surface area contributed by atoms with Crippen LogP contribution in [0, 0.1) is 12.8 Å². The zero-order chi connectivity index (χ0) is 16.2. The SMILES string of the molecule is Cc1ncsc1CN(C)C[C@H]1CCN(C(=O)Nc2ccsc2)C1. The number of nitrogens with one attached hydrogen (secondary N) is 1. The van der Waals surface area contributed by atoms with Crippen molar-refractivity contribution in [3.8, 4) is 0 Å². The van der Waals surface area contributed by atoms with Crippen molar-refractivity contribution < 1.29 is 4.79 Å². The lowest BCUT2D eigenvalue weighted by molar-refractivity contribution is 0.217. The van der Waals surface area contributed by atoms with E-state index in [-0.39, 0.29) is 6.03 Å². The molecule has 3 rings (SSSR count). The lowest BCUT2D eigenvalue weighted by Crippen LogP contribution is -2.34. The second-order valence-corrected chi connectivity index (χ2v) is 7.82. The number of aromatic nitrogens is 1. The van der Waals surface area contributed by atoms with Crippen LogP contribution in [0.4, 0.5) is 10.5 Å². The predicted molar refractivity (Wildman–Crippen MR) is 96.2 cm³/mol. The minimum absolute atomic E-state index is 0.0202. The number of anilines is 1. The van der Waals surface area contributed by atoms with Gasteiger partial charge in [0.05, 0.1) is 16.9 Å². The van der Waals surface area contributed by atoms with Gasteiger partial charge in [-0.2, -0.15) is 11.3 Å². The number of urea groups is 1. The Morgan fingerprint density at radius 3 is 3.13 bits per heavy atom. The second-order valence-electron chi connectivity index (χ2n) is 6.10. The number of hydrogen-bond acceptors (Lipinski definition) is 5. The van der Waals surface area contributed by atoms with Crippen LogP contribution in [-0.4, -0.2) is 47.5 Å². The quantitative estimate of drug-likeness (QED) is 0.898. The second kappa shape index (κ2) is 7.42. The smallest absolute Gasteiger partial charge is 0.321 e. The van der Waals surface area contributed by atoms with E-state index in [0.717, 1.165) is 44.0 Å². The van der Waals surface area contributed by atoms with Gasteiger partial charge in [-0.1, -0.05) is 0 Å². The van der Waals surface area contributed by atoms with Gasteiger partial charge in [0.25, 0.3) is 0 Å². The van der Waals surface area contributed by atoms with Crippen molar-refractivity contribution in [2.75, 3.05) is 32.0 Å². The summed E-state index contributed by atoms with van der Waals surface area (Å²) in [5.74, 6) is 0.543. The van der Waals surface area contributed by atoms with E-state index in [0.29, 0.717) is 5.92 Å². The molecule has 1 aliphatic rings. The summed E-state index contributed by atoms with van der Waals surface area (Å²) in [6, 6.07) is 1.95. The molecular weight excluding hydrogens is 328 g/mol. The van der Waals surface area contributed by atoms with Crippen LogP contribution in [0.25, 0.3) is 0 Å². The van der Waals surface area contributed by atoms with E-state index in [1.807, 2.05) is 27.2 Å². The average Bonchev–Trinajstić information content (AvgIpc) is 3.23. The molecule has 7 heteroatoms. The van der Waals surface area contributed by atoms with Crippen LogP contribution in [0.1, 0.15) is 17.0 Å². The molecule has 0 saturated carbocycles. The van der Waals surface area contributed by atoms with Gasteiger partial charge in [-0.25, -0.2) is 9.78 Å². The maximum Gasteiger partial charge on any atom is 0.321 e. The third-order valence-corrected chi connectivity index (χ3v) is 5.78. The molecule has 2 aromatic heterocycles. The first-order valence-corrected chi connectivity index (χ1v) is 9.59. The normalized spacial score (nSPS) is 17.9. The van der Waals surface area contributed by atoms with Gasteiger partial charge in [-0.3, -0.25) is 0 Å². The molecule has 0 bridgehead atoms. The van der Waals surface area contributed by atoms with E-state index >= 15 is 0 Å². The van der Waals surface area contributed by atoms with Crippen LogP contribution in [-0.2, 0) is 6.54 Å². The average molecular weight is 351 g/mol. The Kier molecular flexibility index (Phi) is 5.30. The molecule has 2 aromatic rings. The summed E-state index contributed by atoms with van der Waals surface area (Å²) in [7, 11) is 2.15. The van der Waals surface area contributed by atoms with Gasteiger partial charge in [0.2, 0.25) is 0 Å². The van der Waals surface area contributed by atoms with Gasteiger partial charge in [0.15, 0.2) is 0 Å². The van der Waals surface area contributed by atoms with Crippen molar-refractivity contribution in [1.82, 2.24) is 14.8 Å². The van der Waals surface area contributed by atoms with Crippen LogP contribution in [0.2, 0.25) is 0 Å². The number of thiophene rings is 1. The Morgan fingerprint density at radius 2 is 2.43 bits per heavy atom. The first-order valence-electron chi connectivity index (χ1n) is 7.77. The predicted octanol–water partition coefficient (Wildman–Crippen LogP) is 3.50. The number of rotatable bonds is 5. The summed E-state index contributed by atoms with van der Waals surface area (Å²) in [4.78, 5) is 22.1. The van der Waals surface area contributed by atoms with E-state index in [2.05, 4.69) is 29.2 Å². The van der Waals surface area contributed by atoms with Crippen LogP contribution < -0.4 is 5.32 Å². The lowest BCUT2D eigenvalue weighted by Gasteiger charge is -2.21. The molecular formula is C16H22N4OS2. The zero-order valence-electron chi connectivity index (χ0n) is 13.5. The van der Waals surface area contributed by atoms with Crippen molar-refractivity contribution in [2.45, 2.75) is 19.9 Å². The largest absolute Gasteiger partial charge is 0.324 e. The number of carbonyl (C=O) groups excluding carboxylic acids is 1.